The van der Waals surface area contributed by atoms with E-state index >= 15 is 0 Å². The van der Waals surface area contributed by atoms with Crippen LogP contribution in [0.1, 0.15) is 358 Å². The van der Waals surface area contributed by atoms with E-state index in [4.69, 9.17) is 0 Å². The molecule has 0 amide bonds. The third-order valence-corrected chi connectivity index (χ3v) is 20.0. The summed E-state index contributed by atoms with van der Waals surface area (Å²) in [5.41, 5.74) is 3.74. The Bertz CT molecular complexity index is 2300. The fourth-order valence-corrected chi connectivity index (χ4v) is 14.8. The predicted octanol–water partition coefficient (Wildman–Crippen LogP) is 24.1. The summed E-state index contributed by atoms with van der Waals surface area (Å²) < 4.78 is 74.5. The first-order valence-electron chi connectivity index (χ1n) is 36.0. The molecule has 4 rings (SSSR count). The molecule has 4 aromatic carbocycles. The summed E-state index contributed by atoms with van der Waals surface area (Å²) >= 11 is 0. The molecule has 480 valence electrons. The van der Waals surface area contributed by atoms with Crippen LogP contribution in [0.25, 0.3) is 21.5 Å². The largest absolute Gasteiger partial charge is 2.00 e. The second-order valence-corrected chi connectivity index (χ2v) is 28.2. The molecule has 0 heterocycles. The summed E-state index contributed by atoms with van der Waals surface area (Å²) in [6.07, 6.45) is 65.4. The quantitative estimate of drug-likeness (QED) is 0.0247. The van der Waals surface area contributed by atoms with E-state index in [9.17, 15) is 25.9 Å². The van der Waals surface area contributed by atoms with Gasteiger partial charge in [-0.3, -0.25) is 0 Å². The van der Waals surface area contributed by atoms with Gasteiger partial charge in [-0.2, -0.15) is 0 Å². The minimum atomic E-state index is -4.54. The van der Waals surface area contributed by atoms with E-state index < -0.39 is 20.2 Å². The minimum absolute atomic E-state index is 0. The number of rotatable bonds is 54. The van der Waals surface area contributed by atoms with Gasteiger partial charge >= 0.3 is 48.9 Å². The predicted molar refractivity (Wildman–Crippen MR) is 369 cm³/mol. The molecule has 9 heteroatoms. The van der Waals surface area contributed by atoms with Crippen LogP contribution < -0.4 is 0 Å². The second kappa shape index (κ2) is 52.4. The van der Waals surface area contributed by atoms with Crippen LogP contribution in [0.2, 0.25) is 0 Å². The van der Waals surface area contributed by atoms with Gasteiger partial charge in [0.05, 0.1) is 9.79 Å². The van der Waals surface area contributed by atoms with Crippen LogP contribution in [-0.2, 0) is 45.9 Å². The number of fused-ring (bicyclic) bond motifs is 2. The normalized spacial score (nSPS) is 11.8. The fraction of sp³-hybridized carbons (Fsp3) is 0.737. The van der Waals surface area contributed by atoms with Gasteiger partial charge in [0.25, 0.3) is 0 Å². The van der Waals surface area contributed by atoms with E-state index in [0.717, 1.165) is 62.1 Å². The van der Waals surface area contributed by atoms with Crippen molar-refractivity contribution in [3.63, 3.8) is 0 Å². The summed E-state index contributed by atoms with van der Waals surface area (Å²) in [4.78, 5) is 0.0548. The maximum absolute atomic E-state index is 12.4. The van der Waals surface area contributed by atoms with Crippen LogP contribution in [0, 0.1) is 0 Å². The third-order valence-electron chi connectivity index (χ3n) is 18.1. The zero-order valence-corrected chi connectivity index (χ0v) is 61.6. The minimum Gasteiger partial charge on any atom is -0.744 e. The Hall–Kier alpha value is -1.21. The summed E-state index contributed by atoms with van der Waals surface area (Å²) in [5.74, 6) is 0. The van der Waals surface area contributed by atoms with E-state index in [1.807, 2.05) is 36.4 Å². The average molecular weight is 1340 g/mol. The van der Waals surface area contributed by atoms with Gasteiger partial charge in [-0.15, -0.1) is 0 Å². The first kappa shape index (κ1) is 79.9. The summed E-state index contributed by atoms with van der Waals surface area (Å²) in [6.45, 7) is 9.06. The van der Waals surface area contributed by atoms with Crippen LogP contribution in [0.4, 0.5) is 0 Å². The van der Waals surface area contributed by atoms with Gasteiger partial charge < -0.3 is 9.11 Å². The molecular weight excluding hydrogens is 1210 g/mol. The van der Waals surface area contributed by atoms with Crippen molar-refractivity contribution < 1.29 is 25.9 Å². The van der Waals surface area contributed by atoms with Gasteiger partial charge in [0.2, 0.25) is 0 Å². The first-order chi connectivity index (χ1) is 41.0. The van der Waals surface area contributed by atoms with Crippen molar-refractivity contribution >= 4 is 90.7 Å². The smallest absolute Gasteiger partial charge is 0.744 e. The molecule has 0 saturated heterocycles. The Kier molecular flexibility index (Phi) is 49.3. The van der Waals surface area contributed by atoms with Crippen LogP contribution >= 0.6 is 0 Å². The van der Waals surface area contributed by atoms with Crippen molar-refractivity contribution in [2.45, 2.75) is 371 Å². The molecule has 0 spiro atoms. The molecule has 0 aliphatic heterocycles. The standard InChI is InChI=1S/2C38H64O3S.Ba/c2*1-3-5-7-9-11-13-15-17-19-21-23-25-28-34-30-27-31-37-36(34)33-32-35(38(37)42(39,40)41)29-26-24-22-20-18-16-14-12-10-8-6-4-2;/h2*27,30-33H,3-26,28-29H2,1-2H3,(H,39,40,41);/q;;+2/p-2. The average Bonchev–Trinajstić information content (AvgIpc) is 1.59. The fourth-order valence-electron chi connectivity index (χ4n) is 12.9. The topological polar surface area (TPSA) is 114 Å². The molecule has 0 fully saturated rings. The molecule has 0 aliphatic rings. The van der Waals surface area contributed by atoms with Crippen molar-refractivity contribution in [1.82, 2.24) is 0 Å². The maximum Gasteiger partial charge on any atom is 2.00 e. The Morgan fingerprint density at radius 1 is 0.235 bits per heavy atom. The zero-order chi connectivity index (χ0) is 60.6. The van der Waals surface area contributed by atoms with Crippen LogP contribution in [0.3, 0.4) is 0 Å². The van der Waals surface area contributed by atoms with Crippen LogP contribution in [-0.4, -0.2) is 74.8 Å². The molecule has 0 aromatic heterocycles. The summed E-state index contributed by atoms with van der Waals surface area (Å²) in [6, 6.07) is 19.7. The van der Waals surface area contributed by atoms with E-state index in [0.29, 0.717) is 34.7 Å². The third kappa shape index (κ3) is 37.0. The molecule has 0 aliphatic carbocycles. The van der Waals surface area contributed by atoms with Gasteiger partial charge in [0.1, 0.15) is 20.2 Å². The Morgan fingerprint density at radius 3 is 0.624 bits per heavy atom. The summed E-state index contributed by atoms with van der Waals surface area (Å²) in [7, 11) is -9.08. The maximum atomic E-state index is 12.4. The van der Waals surface area contributed by atoms with E-state index in [1.54, 1.807) is 0 Å². The Balaban J connectivity index is 0.000000573. The van der Waals surface area contributed by atoms with Crippen molar-refractivity contribution in [1.29, 1.82) is 0 Å². The number of hydrogen-bond donors (Lipinski definition) is 0. The number of hydrogen-bond acceptors (Lipinski definition) is 6. The number of unbranched alkanes of at least 4 members (excludes halogenated alkanes) is 44. The van der Waals surface area contributed by atoms with Crippen LogP contribution in [0.15, 0.2) is 70.5 Å². The Morgan fingerprint density at radius 2 is 0.424 bits per heavy atom. The van der Waals surface area contributed by atoms with Crippen LogP contribution in [0.5, 0.6) is 0 Å². The molecule has 6 nitrogen and oxygen atoms in total. The Labute approximate surface area is 565 Å². The molecule has 0 bridgehead atoms. The van der Waals surface area contributed by atoms with Crippen molar-refractivity contribution in [3.8, 4) is 0 Å². The van der Waals surface area contributed by atoms with Crippen molar-refractivity contribution in [3.05, 3.63) is 82.9 Å². The SMILES string of the molecule is CCCCCCCCCCCCCCc1ccc2c(CCCCCCCCCCCCCC)cccc2c1S(=O)(=O)[O-].CCCCCCCCCCCCCCc1ccc2c(CCCCCCCCCCCCCC)cccc2c1S(=O)(=O)[O-].[Ba+2]. The van der Waals surface area contributed by atoms with Crippen molar-refractivity contribution in [2.24, 2.45) is 0 Å². The number of aryl methyl sites for hydroxylation is 4. The van der Waals surface area contributed by atoms with Gasteiger partial charge in [-0.05, 0) is 95.2 Å². The summed E-state index contributed by atoms with van der Waals surface area (Å²) in [5, 5.41) is 3.12. The second-order valence-electron chi connectivity index (χ2n) is 25.6. The molecule has 0 unspecified atom stereocenters. The van der Waals surface area contributed by atoms with Gasteiger partial charge in [0, 0.05) is 0 Å². The molecule has 0 radical (unpaired) electrons. The van der Waals surface area contributed by atoms with E-state index in [-0.39, 0.29) is 58.7 Å². The number of benzene rings is 4. The van der Waals surface area contributed by atoms with Gasteiger partial charge in [0.15, 0.2) is 0 Å². The van der Waals surface area contributed by atoms with Crippen molar-refractivity contribution in [2.75, 3.05) is 0 Å². The van der Waals surface area contributed by atoms with Gasteiger partial charge in [-0.25, -0.2) is 16.8 Å². The first-order valence-corrected chi connectivity index (χ1v) is 38.8. The van der Waals surface area contributed by atoms with E-state index in [2.05, 4.69) is 52.0 Å². The molecule has 0 atom stereocenters. The molecular formula is C76H126BaO6S2. The molecule has 0 saturated carbocycles. The van der Waals surface area contributed by atoms with Gasteiger partial charge in [-0.1, -0.05) is 371 Å². The molecule has 4 aromatic rings. The van der Waals surface area contributed by atoms with E-state index in [1.165, 1.54) is 281 Å². The molecule has 85 heavy (non-hydrogen) atoms. The molecule has 0 N–H and O–H groups in total. The zero-order valence-electron chi connectivity index (χ0n) is 55.5. The monoisotopic (exact) mass is 1340 g/mol.